The molecular weight excluding hydrogens is 216 g/mol. The highest BCUT2D eigenvalue weighted by Crippen LogP contribution is 2.36. The highest BCUT2D eigenvalue weighted by molar-refractivity contribution is 5.81. The Bertz CT molecular complexity index is 398. The molecule has 1 aromatic heterocycles. The zero-order valence-electron chi connectivity index (χ0n) is 10.8. The van der Waals surface area contributed by atoms with Crippen LogP contribution in [0.4, 0.5) is 0 Å². The molecule has 0 spiro atoms. The molecule has 1 saturated carbocycles. The van der Waals surface area contributed by atoms with E-state index >= 15 is 0 Å². The van der Waals surface area contributed by atoms with E-state index in [4.69, 9.17) is 4.52 Å². The quantitative estimate of drug-likeness (QED) is 0.806. The van der Waals surface area contributed by atoms with Gasteiger partial charge in [-0.3, -0.25) is 4.79 Å². The maximum absolute atomic E-state index is 11.6. The number of rotatable bonds is 4. The molecule has 1 fully saturated rings. The number of hydrogen-bond donors (Lipinski definition) is 0. The Hall–Kier alpha value is -1.19. The third-order valence-electron chi connectivity index (χ3n) is 3.51. The van der Waals surface area contributed by atoms with Crippen LogP contribution in [0.5, 0.6) is 0 Å². The molecule has 0 aliphatic heterocycles. The van der Waals surface area contributed by atoms with Crippen molar-refractivity contribution in [3.63, 3.8) is 0 Å². The van der Waals surface area contributed by atoms with E-state index < -0.39 is 0 Å². The van der Waals surface area contributed by atoms with Crippen molar-refractivity contribution >= 4 is 5.78 Å². The zero-order chi connectivity index (χ0) is 12.4. The number of ketones is 1. The predicted octanol–water partition coefficient (Wildman–Crippen LogP) is 2.74. The van der Waals surface area contributed by atoms with Gasteiger partial charge in [0.05, 0.1) is 6.42 Å². The van der Waals surface area contributed by atoms with Gasteiger partial charge in [0, 0.05) is 11.8 Å². The number of aromatic nitrogens is 2. The fourth-order valence-corrected chi connectivity index (χ4v) is 2.30. The summed E-state index contributed by atoms with van der Waals surface area (Å²) in [4.78, 5) is 15.9. The SMILES string of the molecule is CC1CCC(c2noc(CC(=O)C(C)C)n2)C1. The highest BCUT2D eigenvalue weighted by Gasteiger charge is 2.27. The van der Waals surface area contributed by atoms with Crippen molar-refractivity contribution in [3.8, 4) is 0 Å². The van der Waals surface area contributed by atoms with Gasteiger partial charge in [0.15, 0.2) is 5.82 Å². The third-order valence-corrected chi connectivity index (χ3v) is 3.51. The van der Waals surface area contributed by atoms with Gasteiger partial charge in [0.25, 0.3) is 0 Å². The second-order valence-corrected chi connectivity index (χ2v) is 5.46. The molecule has 94 valence electrons. The fourth-order valence-electron chi connectivity index (χ4n) is 2.30. The molecule has 1 aliphatic rings. The van der Waals surface area contributed by atoms with Gasteiger partial charge in [0.1, 0.15) is 5.78 Å². The van der Waals surface area contributed by atoms with Gasteiger partial charge in [0.2, 0.25) is 5.89 Å². The second kappa shape index (κ2) is 4.98. The number of carbonyl (C=O) groups is 1. The van der Waals surface area contributed by atoms with Gasteiger partial charge in [-0.25, -0.2) is 0 Å². The molecule has 1 aromatic rings. The summed E-state index contributed by atoms with van der Waals surface area (Å²) in [6.45, 7) is 6.03. The second-order valence-electron chi connectivity index (χ2n) is 5.46. The zero-order valence-corrected chi connectivity index (χ0v) is 10.8. The molecule has 17 heavy (non-hydrogen) atoms. The first-order valence-corrected chi connectivity index (χ1v) is 6.41. The summed E-state index contributed by atoms with van der Waals surface area (Å²) < 4.78 is 5.15. The van der Waals surface area contributed by atoms with Crippen molar-refractivity contribution in [1.29, 1.82) is 0 Å². The van der Waals surface area contributed by atoms with Gasteiger partial charge in [-0.15, -0.1) is 0 Å². The Morgan fingerprint density at radius 1 is 1.47 bits per heavy atom. The molecule has 4 heteroatoms. The van der Waals surface area contributed by atoms with Crippen molar-refractivity contribution in [2.75, 3.05) is 0 Å². The van der Waals surface area contributed by atoms with Crippen LogP contribution in [0.1, 0.15) is 57.7 Å². The maximum atomic E-state index is 11.6. The van der Waals surface area contributed by atoms with E-state index in [1.807, 2.05) is 13.8 Å². The van der Waals surface area contributed by atoms with Gasteiger partial charge in [-0.2, -0.15) is 4.98 Å². The molecule has 0 bridgehead atoms. The number of Topliss-reactive ketones (excluding diaryl/α,β-unsaturated/α-hetero) is 1. The lowest BCUT2D eigenvalue weighted by atomic mass is 10.1. The topological polar surface area (TPSA) is 56.0 Å². The number of hydrogen-bond acceptors (Lipinski definition) is 4. The van der Waals surface area contributed by atoms with Crippen LogP contribution in [-0.2, 0) is 11.2 Å². The van der Waals surface area contributed by atoms with Crippen molar-refractivity contribution in [1.82, 2.24) is 10.1 Å². The minimum absolute atomic E-state index is 0.0249. The molecule has 4 nitrogen and oxygen atoms in total. The van der Waals surface area contributed by atoms with Gasteiger partial charge in [-0.05, 0) is 25.2 Å². The summed E-state index contributed by atoms with van der Waals surface area (Å²) in [5.74, 6) is 2.62. The van der Waals surface area contributed by atoms with Crippen LogP contribution in [0.3, 0.4) is 0 Å². The lowest BCUT2D eigenvalue weighted by Crippen LogP contribution is -2.10. The van der Waals surface area contributed by atoms with Crippen molar-refractivity contribution in [3.05, 3.63) is 11.7 Å². The van der Waals surface area contributed by atoms with E-state index in [1.54, 1.807) is 0 Å². The molecule has 2 unspecified atom stereocenters. The molecule has 0 N–H and O–H groups in total. The average molecular weight is 236 g/mol. The van der Waals surface area contributed by atoms with E-state index in [9.17, 15) is 4.79 Å². The molecule has 0 saturated heterocycles. The normalized spacial score (nSPS) is 24.5. The molecule has 1 heterocycles. The minimum Gasteiger partial charge on any atom is -0.339 e. The van der Waals surface area contributed by atoms with E-state index in [2.05, 4.69) is 17.1 Å². The van der Waals surface area contributed by atoms with E-state index in [0.29, 0.717) is 11.8 Å². The van der Waals surface area contributed by atoms with Crippen LogP contribution in [0.15, 0.2) is 4.52 Å². The lowest BCUT2D eigenvalue weighted by molar-refractivity contribution is -0.121. The lowest BCUT2D eigenvalue weighted by Gasteiger charge is -2.01. The molecule has 2 rings (SSSR count). The maximum Gasteiger partial charge on any atom is 0.234 e. The standard InChI is InChI=1S/C13H20N2O2/c1-8(2)11(16)7-12-14-13(15-17-12)10-5-4-9(3)6-10/h8-10H,4-7H2,1-3H3. The first kappa shape index (κ1) is 12.3. The first-order valence-electron chi connectivity index (χ1n) is 6.41. The van der Waals surface area contributed by atoms with Gasteiger partial charge in [-0.1, -0.05) is 25.9 Å². The summed E-state index contributed by atoms with van der Waals surface area (Å²) in [6.07, 6.45) is 3.78. The van der Waals surface area contributed by atoms with Crippen LogP contribution in [0.2, 0.25) is 0 Å². The molecule has 2 atom stereocenters. The van der Waals surface area contributed by atoms with Crippen LogP contribution in [0.25, 0.3) is 0 Å². The Labute approximate surface area is 102 Å². The number of nitrogens with zero attached hydrogens (tertiary/aromatic N) is 2. The van der Waals surface area contributed by atoms with Crippen LogP contribution < -0.4 is 0 Å². The average Bonchev–Trinajstić information content (AvgIpc) is 2.86. The fraction of sp³-hybridized carbons (Fsp3) is 0.769. The summed E-state index contributed by atoms with van der Waals surface area (Å²) >= 11 is 0. The summed E-state index contributed by atoms with van der Waals surface area (Å²) in [5, 5.41) is 4.01. The van der Waals surface area contributed by atoms with Gasteiger partial charge < -0.3 is 4.52 Å². The summed E-state index contributed by atoms with van der Waals surface area (Å²) in [6, 6.07) is 0. The van der Waals surface area contributed by atoms with Crippen LogP contribution >= 0.6 is 0 Å². The van der Waals surface area contributed by atoms with Gasteiger partial charge >= 0.3 is 0 Å². The third kappa shape index (κ3) is 2.93. The largest absolute Gasteiger partial charge is 0.339 e. The predicted molar refractivity (Wildman–Crippen MR) is 63.6 cm³/mol. The smallest absolute Gasteiger partial charge is 0.234 e. The Morgan fingerprint density at radius 3 is 2.82 bits per heavy atom. The minimum atomic E-state index is 0.0249. The molecule has 0 amide bonds. The summed E-state index contributed by atoms with van der Waals surface area (Å²) in [7, 11) is 0. The molecule has 0 radical (unpaired) electrons. The Balaban J connectivity index is 1.99. The number of carbonyl (C=O) groups excluding carboxylic acids is 1. The van der Waals surface area contributed by atoms with Crippen molar-refractivity contribution < 1.29 is 9.32 Å². The van der Waals surface area contributed by atoms with E-state index in [0.717, 1.165) is 24.6 Å². The Kier molecular flexibility index (Phi) is 3.60. The van der Waals surface area contributed by atoms with Crippen LogP contribution in [-0.4, -0.2) is 15.9 Å². The van der Waals surface area contributed by atoms with E-state index in [1.165, 1.54) is 6.42 Å². The van der Waals surface area contributed by atoms with Crippen LogP contribution in [0, 0.1) is 11.8 Å². The van der Waals surface area contributed by atoms with E-state index in [-0.39, 0.29) is 18.1 Å². The highest BCUT2D eigenvalue weighted by atomic mass is 16.5. The van der Waals surface area contributed by atoms with Crippen molar-refractivity contribution in [2.45, 2.75) is 52.4 Å². The molecular formula is C13H20N2O2. The molecule has 1 aliphatic carbocycles. The Morgan fingerprint density at radius 2 is 2.24 bits per heavy atom. The first-order chi connectivity index (χ1) is 8.06. The monoisotopic (exact) mass is 236 g/mol. The summed E-state index contributed by atoms with van der Waals surface area (Å²) in [5.41, 5.74) is 0. The molecule has 0 aromatic carbocycles. The van der Waals surface area contributed by atoms with Crippen molar-refractivity contribution in [2.24, 2.45) is 11.8 Å².